The second-order valence-corrected chi connectivity index (χ2v) is 7.49. The molecule has 2 aliphatic rings. The number of thiazole rings is 1. The van der Waals surface area contributed by atoms with Crippen molar-refractivity contribution in [1.82, 2.24) is 9.88 Å². The van der Waals surface area contributed by atoms with Crippen molar-refractivity contribution in [3.05, 3.63) is 23.6 Å². The number of piperidine rings is 1. The number of rotatable bonds is 4. The number of amides is 2. The smallest absolute Gasteiger partial charge is 0.231 e. The van der Waals surface area contributed by atoms with E-state index in [0.29, 0.717) is 23.8 Å². The van der Waals surface area contributed by atoms with Crippen LogP contribution in [0.3, 0.4) is 0 Å². The Labute approximate surface area is 161 Å². The zero-order valence-corrected chi connectivity index (χ0v) is 15.9. The van der Waals surface area contributed by atoms with Crippen LogP contribution in [0.4, 0.5) is 5.13 Å². The molecule has 2 aromatic rings. The van der Waals surface area contributed by atoms with Crippen LogP contribution in [0, 0.1) is 5.92 Å². The van der Waals surface area contributed by atoms with Gasteiger partial charge in [-0.3, -0.25) is 9.59 Å². The first kappa shape index (κ1) is 17.8. The van der Waals surface area contributed by atoms with Gasteiger partial charge < -0.3 is 19.7 Å². The third-order valence-electron chi connectivity index (χ3n) is 4.85. The van der Waals surface area contributed by atoms with E-state index in [-0.39, 0.29) is 24.5 Å². The van der Waals surface area contributed by atoms with Crippen molar-refractivity contribution >= 4 is 28.3 Å². The molecule has 0 aliphatic carbocycles. The summed E-state index contributed by atoms with van der Waals surface area (Å²) >= 11 is 1.39. The molecule has 1 atom stereocenters. The van der Waals surface area contributed by atoms with Gasteiger partial charge in [-0.05, 0) is 31.0 Å². The van der Waals surface area contributed by atoms with Crippen LogP contribution in [0.5, 0.6) is 11.5 Å². The molecule has 0 bridgehead atoms. The highest BCUT2D eigenvalue weighted by molar-refractivity contribution is 7.14. The van der Waals surface area contributed by atoms with Gasteiger partial charge in [-0.25, -0.2) is 4.98 Å². The quantitative estimate of drug-likeness (QED) is 0.872. The predicted octanol–water partition coefficient (Wildman–Crippen LogP) is 3.13. The predicted molar refractivity (Wildman–Crippen MR) is 102 cm³/mol. The zero-order chi connectivity index (χ0) is 18.8. The fraction of sp³-hybridized carbons (Fsp3) is 0.421. The van der Waals surface area contributed by atoms with Crippen LogP contribution >= 0.6 is 11.3 Å². The molecule has 0 saturated carbocycles. The number of ether oxygens (including phenoxy) is 2. The minimum absolute atomic E-state index is 0.0739. The Kier molecular flexibility index (Phi) is 4.98. The molecule has 1 N–H and O–H groups in total. The van der Waals surface area contributed by atoms with Crippen molar-refractivity contribution in [3.8, 4) is 22.8 Å². The molecule has 7 nitrogen and oxygen atoms in total. The molecule has 3 heterocycles. The maximum Gasteiger partial charge on any atom is 0.231 e. The monoisotopic (exact) mass is 387 g/mol. The summed E-state index contributed by atoms with van der Waals surface area (Å²) in [6, 6.07) is 5.67. The minimum Gasteiger partial charge on any atom is -0.454 e. The fourth-order valence-corrected chi connectivity index (χ4v) is 4.09. The number of carbonyl (C=O) groups is 2. The summed E-state index contributed by atoms with van der Waals surface area (Å²) in [7, 11) is 0. The third-order valence-corrected chi connectivity index (χ3v) is 5.61. The first-order chi connectivity index (χ1) is 13.1. The first-order valence-electron chi connectivity index (χ1n) is 9.08. The molecular weight excluding hydrogens is 366 g/mol. The van der Waals surface area contributed by atoms with Crippen molar-refractivity contribution in [2.75, 3.05) is 25.2 Å². The third kappa shape index (κ3) is 3.75. The number of carbonyl (C=O) groups excluding carboxylic acids is 2. The maximum atomic E-state index is 12.6. The number of fused-ring (bicyclic) bond motifs is 1. The van der Waals surface area contributed by atoms with E-state index in [2.05, 4.69) is 10.3 Å². The number of hydrogen-bond acceptors (Lipinski definition) is 6. The van der Waals surface area contributed by atoms with E-state index in [1.807, 2.05) is 30.5 Å². The van der Waals surface area contributed by atoms with E-state index in [1.54, 1.807) is 4.90 Å². The molecule has 1 aromatic carbocycles. The van der Waals surface area contributed by atoms with Crippen molar-refractivity contribution in [2.45, 2.75) is 26.2 Å². The summed E-state index contributed by atoms with van der Waals surface area (Å²) in [4.78, 5) is 30.8. The molecule has 1 saturated heterocycles. The van der Waals surface area contributed by atoms with Gasteiger partial charge in [0, 0.05) is 30.5 Å². The fourth-order valence-electron chi connectivity index (χ4n) is 3.37. The Bertz CT molecular complexity index is 866. The molecule has 0 radical (unpaired) electrons. The lowest BCUT2D eigenvalue weighted by molar-refractivity contribution is -0.134. The molecular formula is C19H21N3O4S. The zero-order valence-electron chi connectivity index (χ0n) is 15.1. The Hall–Kier alpha value is -2.61. The Morgan fingerprint density at radius 2 is 2.19 bits per heavy atom. The van der Waals surface area contributed by atoms with Crippen LogP contribution in [0.2, 0.25) is 0 Å². The number of aromatic nitrogens is 1. The number of nitrogens with zero attached hydrogens (tertiary/aromatic N) is 2. The Morgan fingerprint density at radius 3 is 3.04 bits per heavy atom. The van der Waals surface area contributed by atoms with Crippen LogP contribution in [-0.2, 0) is 9.59 Å². The number of anilines is 1. The van der Waals surface area contributed by atoms with Gasteiger partial charge in [0.2, 0.25) is 18.6 Å². The lowest BCUT2D eigenvalue weighted by Gasteiger charge is -2.31. The summed E-state index contributed by atoms with van der Waals surface area (Å²) in [5, 5.41) is 5.37. The van der Waals surface area contributed by atoms with Gasteiger partial charge in [-0.1, -0.05) is 6.92 Å². The van der Waals surface area contributed by atoms with Crippen LogP contribution < -0.4 is 14.8 Å². The lowest BCUT2D eigenvalue weighted by atomic mass is 9.97. The number of likely N-dealkylation sites (tertiary alicyclic amines) is 1. The van der Waals surface area contributed by atoms with Crippen LogP contribution in [-0.4, -0.2) is 41.6 Å². The first-order valence-corrected chi connectivity index (χ1v) is 9.96. The molecule has 2 amide bonds. The summed E-state index contributed by atoms with van der Waals surface area (Å²) in [5.74, 6) is 1.27. The SMILES string of the molecule is CCC(=O)N1CCCC(C(=O)Nc2nc(-c3ccc4c(c3)OCO4)cs2)C1. The highest BCUT2D eigenvalue weighted by Crippen LogP contribution is 2.36. The van der Waals surface area contributed by atoms with E-state index in [0.717, 1.165) is 36.4 Å². The molecule has 1 fully saturated rings. The number of hydrogen-bond donors (Lipinski definition) is 1. The number of benzene rings is 1. The highest BCUT2D eigenvalue weighted by Gasteiger charge is 2.28. The summed E-state index contributed by atoms with van der Waals surface area (Å²) in [6.07, 6.45) is 2.11. The van der Waals surface area contributed by atoms with Gasteiger partial charge in [0.1, 0.15) is 0 Å². The molecule has 1 aromatic heterocycles. The Morgan fingerprint density at radius 1 is 1.33 bits per heavy atom. The van der Waals surface area contributed by atoms with Gasteiger partial charge in [0.05, 0.1) is 11.6 Å². The van der Waals surface area contributed by atoms with Crippen molar-refractivity contribution in [2.24, 2.45) is 5.92 Å². The molecule has 2 aliphatic heterocycles. The summed E-state index contributed by atoms with van der Waals surface area (Å²) < 4.78 is 10.7. The van der Waals surface area contributed by atoms with Crippen molar-refractivity contribution in [1.29, 1.82) is 0 Å². The maximum absolute atomic E-state index is 12.6. The molecule has 8 heteroatoms. The molecule has 142 valence electrons. The van der Waals surface area contributed by atoms with Crippen molar-refractivity contribution in [3.63, 3.8) is 0 Å². The van der Waals surface area contributed by atoms with E-state index in [4.69, 9.17) is 9.47 Å². The minimum atomic E-state index is -0.188. The average molecular weight is 387 g/mol. The largest absolute Gasteiger partial charge is 0.454 e. The highest BCUT2D eigenvalue weighted by atomic mass is 32.1. The molecule has 1 unspecified atom stereocenters. The normalized spacial score (nSPS) is 18.4. The van der Waals surface area contributed by atoms with E-state index in [9.17, 15) is 9.59 Å². The Balaban J connectivity index is 1.42. The van der Waals surface area contributed by atoms with E-state index in [1.165, 1.54) is 11.3 Å². The molecule has 0 spiro atoms. The van der Waals surface area contributed by atoms with Gasteiger partial charge in [0.15, 0.2) is 16.6 Å². The molecule has 27 heavy (non-hydrogen) atoms. The van der Waals surface area contributed by atoms with E-state index < -0.39 is 0 Å². The van der Waals surface area contributed by atoms with Crippen LogP contribution in [0.15, 0.2) is 23.6 Å². The van der Waals surface area contributed by atoms with E-state index >= 15 is 0 Å². The lowest BCUT2D eigenvalue weighted by Crippen LogP contribution is -2.43. The van der Waals surface area contributed by atoms with Crippen LogP contribution in [0.1, 0.15) is 26.2 Å². The second-order valence-electron chi connectivity index (χ2n) is 6.63. The summed E-state index contributed by atoms with van der Waals surface area (Å²) in [6.45, 7) is 3.30. The van der Waals surface area contributed by atoms with Gasteiger partial charge in [-0.2, -0.15) is 0 Å². The van der Waals surface area contributed by atoms with Gasteiger partial charge >= 0.3 is 0 Å². The average Bonchev–Trinajstić information content (AvgIpc) is 3.36. The number of nitrogens with one attached hydrogen (secondary N) is 1. The second kappa shape index (κ2) is 7.56. The summed E-state index contributed by atoms with van der Waals surface area (Å²) in [5.41, 5.74) is 1.69. The van der Waals surface area contributed by atoms with Crippen LogP contribution in [0.25, 0.3) is 11.3 Å². The topological polar surface area (TPSA) is 80.8 Å². The van der Waals surface area contributed by atoms with Gasteiger partial charge in [0.25, 0.3) is 0 Å². The standard InChI is InChI=1S/C19H21N3O4S/c1-2-17(23)22-7-3-4-13(9-22)18(24)21-19-20-14(10-27-19)12-5-6-15-16(8-12)26-11-25-15/h5-6,8,10,13H,2-4,7,9,11H2,1H3,(H,20,21,24). The molecule has 4 rings (SSSR count). The van der Waals surface area contributed by atoms with Crippen molar-refractivity contribution < 1.29 is 19.1 Å². The van der Waals surface area contributed by atoms with Gasteiger partial charge in [-0.15, -0.1) is 11.3 Å².